The number of para-hydroxylation sites is 1. The van der Waals surface area contributed by atoms with Crippen LogP contribution in [0.3, 0.4) is 0 Å². The number of halogens is 2. The van der Waals surface area contributed by atoms with Crippen LogP contribution in [0.25, 0.3) is 16.6 Å². The Labute approximate surface area is 195 Å². The van der Waals surface area contributed by atoms with Gasteiger partial charge in [0.2, 0.25) is 0 Å². The van der Waals surface area contributed by atoms with E-state index in [4.69, 9.17) is 28.2 Å². The Morgan fingerprint density at radius 2 is 1.56 bits per heavy atom. The summed E-state index contributed by atoms with van der Waals surface area (Å²) in [7, 11) is 0. The number of nitrogens with zero attached hydrogens (tertiary/aromatic N) is 3. The van der Waals surface area contributed by atoms with Crippen molar-refractivity contribution in [1.82, 2.24) is 14.5 Å². The van der Waals surface area contributed by atoms with E-state index < -0.39 is 6.04 Å². The highest BCUT2D eigenvalue weighted by Gasteiger charge is 2.26. The molecule has 0 radical (unpaired) electrons. The van der Waals surface area contributed by atoms with Gasteiger partial charge in [-0.15, -0.1) is 0 Å². The number of carbonyl (C=O) groups is 1. The quantitative estimate of drug-likeness (QED) is 0.367. The second kappa shape index (κ2) is 9.15. The summed E-state index contributed by atoms with van der Waals surface area (Å²) < 4.78 is 1.56. The molecule has 5 nitrogen and oxygen atoms in total. The fourth-order valence-electron chi connectivity index (χ4n) is 3.76. The van der Waals surface area contributed by atoms with Crippen molar-refractivity contribution in [3.8, 4) is 5.69 Å². The van der Waals surface area contributed by atoms with Crippen molar-refractivity contribution in [3.63, 3.8) is 0 Å². The third-order valence-corrected chi connectivity index (χ3v) is 5.92. The molecule has 0 saturated heterocycles. The SMILES string of the molecule is CCN(C(=O)c1ccc(Cl)cc1)C(C)c1nc2ccccc2c(=O)n1-c1ccc(Cl)cc1. The summed E-state index contributed by atoms with van der Waals surface area (Å²) in [5.74, 6) is 0.307. The molecule has 0 spiro atoms. The standard InChI is InChI=1S/C25H21Cl2N3O2/c1-3-29(24(31)17-8-10-18(26)11-9-17)16(2)23-28-22-7-5-4-6-21(22)25(32)30(23)20-14-12-19(27)13-15-20/h4-16H,3H2,1-2H3. The van der Waals surface area contributed by atoms with E-state index in [2.05, 4.69) is 0 Å². The molecular formula is C25H21Cl2N3O2. The fraction of sp³-hybridized carbons (Fsp3) is 0.160. The third-order valence-electron chi connectivity index (χ3n) is 5.42. The van der Waals surface area contributed by atoms with Gasteiger partial charge in [-0.3, -0.25) is 14.2 Å². The number of fused-ring (bicyclic) bond motifs is 1. The van der Waals surface area contributed by atoms with Crippen LogP contribution in [0.5, 0.6) is 0 Å². The Kier molecular flexibility index (Phi) is 6.31. The van der Waals surface area contributed by atoms with Crippen molar-refractivity contribution in [2.75, 3.05) is 6.54 Å². The lowest BCUT2D eigenvalue weighted by Gasteiger charge is -2.29. The zero-order valence-electron chi connectivity index (χ0n) is 17.6. The first-order chi connectivity index (χ1) is 15.4. The molecule has 1 heterocycles. The first-order valence-electron chi connectivity index (χ1n) is 10.2. The van der Waals surface area contributed by atoms with Gasteiger partial charge in [0, 0.05) is 22.2 Å². The van der Waals surface area contributed by atoms with Crippen LogP contribution in [0.15, 0.2) is 77.6 Å². The number of hydrogen-bond donors (Lipinski definition) is 0. The summed E-state index contributed by atoms with van der Waals surface area (Å²) in [5, 5.41) is 1.63. The van der Waals surface area contributed by atoms with Gasteiger partial charge in [0.15, 0.2) is 0 Å². The lowest BCUT2D eigenvalue weighted by molar-refractivity contribution is 0.0693. The summed E-state index contributed by atoms with van der Waals surface area (Å²) in [6.07, 6.45) is 0. The molecule has 4 aromatic rings. The normalized spacial score (nSPS) is 12.0. The monoisotopic (exact) mass is 465 g/mol. The highest BCUT2D eigenvalue weighted by atomic mass is 35.5. The largest absolute Gasteiger partial charge is 0.329 e. The van der Waals surface area contributed by atoms with Gasteiger partial charge < -0.3 is 4.90 Å². The molecule has 3 aromatic carbocycles. The van der Waals surface area contributed by atoms with Crippen LogP contribution in [0.1, 0.15) is 36.1 Å². The van der Waals surface area contributed by atoms with Crippen molar-refractivity contribution in [2.24, 2.45) is 0 Å². The van der Waals surface area contributed by atoms with Crippen LogP contribution >= 0.6 is 23.2 Å². The summed E-state index contributed by atoms with van der Waals surface area (Å²) in [6.45, 7) is 4.21. The van der Waals surface area contributed by atoms with Gasteiger partial charge in [-0.25, -0.2) is 4.98 Å². The Morgan fingerprint density at radius 1 is 0.969 bits per heavy atom. The predicted molar refractivity (Wildman–Crippen MR) is 129 cm³/mol. The molecule has 1 unspecified atom stereocenters. The number of hydrogen-bond acceptors (Lipinski definition) is 3. The van der Waals surface area contributed by atoms with Crippen molar-refractivity contribution in [3.05, 3.63) is 105 Å². The van der Waals surface area contributed by atoms with Gasteiger partial charge in [-0.1, -0.05) is 35.3 Å². The smallest absolute Gasteiger partial charge is 0.266 e. The second-order valence-corrected chi connectivity index (χ2v) is 8.25. The zero-order valence-corrected chi connectivity index (χ0v) is 19.1. The molecule has 162 valence electrons. The molecule has 1 atom stereocenters. The molecule has 0 N–H and O–H groups in total. The van der Waals surface area contributed by atoms with E-state index in [1.807, 2.05) is 26.0 Å². The van der Waals surface area contributed by atoms with Crippen molar-refractivity contribution in [2.45, 2.75) is 19.9 Å². The van der Waals surface area contributed by atoms with E-state index in [-0.39, 0.29) is 11.5 Å². The fourth-order valence-corrected chi connectivity index (χ4v) is 4.01. The van der Waals surface area contributed by atoms with Crippen LogP contribution < -0.4 is 5.56 Å². The van der Waals surface area contributed by atoms with Gasteiger partial charge in [0.25, 0.3) is 11.5 Å². The molecule has 0 fully saturated rings. The van der Waals surface area contributed by atoms with Crippen LogP contribution in [0, 0.1) is 0 Å². The number of carbonyl (C=O) groups excluding carboxylic acids is 1. The Balaban J connectivity index is 1.88. The minimum atomic E-state index is -0.476. The molecule has 0 aliphatic heterocycles. The lowest BCUT2D eigenvalue weighted by atomic mass is 10.1. The number of rotatable bonds is 5. The van der Waals surface area contributed by atoms with Crippen molar-refractivity contribution in [1.29, 1.82) is 0 Å². The molecule has 0 saturated carbocycles. The molecule has 0 aliphatic carbocycles. The van der Waals surface area contributed by atoms with Crippen LogP contribution in [0.2, 0.25) is 10.0 Å². The van der Waals surface area contributed by atoms with E-state index >= 15 is 0 Å². The first kappa shape index (κ1) is 22.1. The Bertz CT molecular complexity index is 1330. The van der Waals surface area contributed by atoms with Gasteiger partial charge >= 0.3 is 0 Å². The average molecular weight is 466 g/mol. The summed E-state index contributed by atoms with van der Waals surface area (Å²) >= 11 is 12.0. The van der Waals surface area contributed by atoms with E-state index in [0.29, 0.717) is 44.6 Å². The van der Waals surface area contributed by atoms with Gasteiger partial charge in [0.05, 0.1) is 22.6 Å². The predicted octanol–water partition coefficient (Wildman–Crippen LogP) is 5.92. The third kappa shape index (κ3) is 4.14. The van der Waals surface area contributed by atoms with E-state index in [9.17, 15) is 9.59 Å². The van der Waals surface area contributed by atoms with E-state index in [1.165, 1.54) is 0 Å². The molecular weight excluding hydrogens is 445 g/mol. The second-order valence-electron chi connectivity index (χ2n) is 7.38. The maximum Gasteiger partial charge on any atom is 0.266 e. The van der Waals surface area contributed by atoms with E-state index in [0.717, 1.165) is 0 Å². The average Bonchev–Trinajstić information content (AvgIpc) is 2.80. The van der Waals surface area contributed by atoms with Gasteiger partial charge in [0.1, 0.15) is 5.82 Å². The minimum absolute atomic E-state index is 0.165. The number of benzene rings is 3. The molecule has 1 amide bonds. The molecule has 7 heteroatoms. The van der Waals surface area contributed by atoms with Gasteiger partial charge in [-0.05, 0) is 74.5 Å². The number of amides is 1. The summed E-state index contributed by atoms with van der Waals surface area (Å²) in [5.41, 5.74) is 1.54. The van der Waals surface area contributed by atoms with Gasteiger partial charge in [-0.2, -0.15) is 0 Å². The maximum atomic E-state index is 13.5. The summed E-state index contributed by atoms with van der Waals surface area (Å²) in [4.78, 5) is 33.3. The Hall–Kier alpha value is -3.15. The minimum Gasteiger partial charge on any atom is -0.329 e. The van der Waals surface area contributed by atoms with Crippen LogP contribution in [-0.4, -0.2) is 26.9 Å². The molecule has 1 aromatic heterocycles. The lowest BCUT2D eigenvalue weighted by Crippen LogP contribution is -2.37. The topological polar surface area (TPSA) is 55.2 Å². The highest BCUT2D eigenvalue weighted by molar-refractivity contribution is 6.30. The van der Waals surface area contributed by atoms with E-state index in [1.54, 1.807) is 70.1 Å². The number of aromatic nitrogens is 2. The molecule has 0 aliphatic rings. The zero-order chi connectivity index (χ0) is 22.8. The van der Waals surface area contributed by atoms with Crippen LogP contribution in [0.4, 0.5) is 0 Å². The molecule has 4 rings (SSSR count). The van der Waals surface area contributed by atoms with Crippen LogP contribution in [-0.2, 0) is 0 Å². The van der Waals surface area contributed by atoms with Crippen molar-refractivity contribution < 1.29 is 4.79 Å². The summed E-state index contributed by atoms with van der Waals surface area (Å²) in [6, 6.07) is 20.5. The highest BCUT2D eigenvalue weighted by Crippen LogP contribution is 2.25. The maximum absolute atomic E-state index is 13.5. The molecule has 0 bridgehead atoms. The molecule has 32 heavy (non-hydrogen) atoms. The van der Waals surface area contributed by atoms with Crippen molar-refractivity contribution >= 4 is 40.0 Å². The first-order valence-corrected chi connectivity index (χ1v) is 11.0. The Morgan fingerprint density at radius 3 is 2.19 bits per heavy atom.